The molecule has 3 heterocycles. The Labute approximate surface area is 196 Å². The van der Waals surface area contributed by atoms with E-state index in [1.165, 1.54) is 0 Å². The zero-order valence-corrected chi connectivity index (χ0v) is 19.7. The molecule has 1 aromatic carbocycles. The first-order valence-corrected chi connectivity index (χ1v) is 11.3. The summed E-state index contributed by atoms with van der Waals surface area (Å²) in [7, 11) is 0. The number of hydrogen-bond acceptors (Lipinski definition) is 5. The molecule has 8 heteroatoms. The van der Waals surface area contributed by atoms with Gasteiger partial charge in [-0.15, -0.1) is 0 Å². The summed E-state index contributed by atoms with van der Waals surface area (Å²) in [5, 5.41) is 2.30. The Morgan fingerprint density at radius 2 is 1.88 bits per heavy atom. The number of thioether (sulfide) groups is 1. The fourth-order valence-electron chi connectivity index (χ4n) is 3.76. The van der Waals surface area contributed by atoms with Crippen molar-refractivity contribution in [1.82, 2.24) is 14.5 Å². The van der Waals surface area contributed by atoms with E-state index >= 15 is 0 Å². The van der Waals surface area contributed by atoms with E-state index in [0.29, 0.717) is 10.6 Å². The second-order valence-corrected chi connectivity index (χ2v) is 8.98. The first-order valence-electron chi connectivity index (χ1n) is 10.5. The number of pyridine rings is 1. The lowest BCUT2D eigenvalue weighted by molar-refractivity contribution is -0.127. The monoisotopic (exact) mass is 460 g/mol. The van der Waals surface area contributed by atoms with Gasteiger partial charge in [-0.2, -0.15) is 0 Å². The number of nitrogens with one attached hydrogen (secondary N) is 1. The Balaban J connectivity index is 1.51. The number of carbonyl (C=O) groups is 3. The third-order valence-electron chi connectivity index (χ3n) is 5.63. The van der Waals surface area contributed by atoms with Gasteiger partial charge in [0.2, 0.25) is 5.91 Å². The van der Waals surface area contributed by atoms with E-state index in [2.05, 4.69) is 10.3 Å². The van der Waals surface area contributed by atoms with Crippen LogP contribution in [0.25, 0.3) is 11.8 Å². The van der Waals surface area contributed by atoms with Crippen LogP contribution in [0.15, 0.2) is 53.7 Å². The van der Waals surface area contributed by atoms with Gasteiger partial charge in [-0.3, -0.25) is 24.3 Å². The largest absolute Gasteiger partial charge is 0.325 e. The zero-order valence-electron chi connectivity index (χ0n) is 18.9. The van der Waals surface area contributed by atoms with Crippen LogP contribution in [0, 0.1) is 27.7 Å². The summed E-state index contributed by atoms with van der Waals surface area (Å²) in [6.45, 7) is 7.54. The minimum absolute atomic E-state index is 0.297. The molecule has 0 unspecified atom stereocenters. The van der Waals surface area contributed by atoms with Crippen molar-refractivity contribution in [3.05, 3.63) is 81.8 Å². The number of carbonyl (C=O) groups excluding carboxylic acids is 3. The maximum atomic E-state index is 12.9. The Bertz CT molecular complexity index is 1290. The minimum Gasteiger partial charge on any atom is -0.325 e. The molecule has 0 bridgehead atoms. The quantitative estimate of drug-likeness (QED) is 0.554. The summed E-state index contributed by atoms with van der Waals surface area (Å²) in [5.74, 6) is -0.886. The van der Waals surface area contributed by atoms with Crippen LogP contribution >= 0.6 is 11.8 Å². The number of nitrogens with zero attached hydrogens (tertiary/aromatic N) is 3. The standard InChI is InChI=1S/C25H24N4O3S/c1-15-7-8-20(10-16(15)2)27-23(30)14-28-24(31)22(33-25(28)32)12-19-11-17(3)29(18(19)4)21-6-5-9-26-13-21/h5-13H,14H2,1-4H3,(H,27,30)/b22-12-. The number of hydrogen-bond donors (Lipinski definition) is 1. The van der Waals surface area contributed by atoms with Gasteiger partial charge in [-0.25, -0.2) is 0 Å². The van der Waals surface area contributed by atoms with Crippen molar-refractivity contribution in [2.45, 2.75) is 27.7 Å². The molecular weight excluding hydrogens is 436 g/mol. The van der Waals surface area contributed by atoms with Crippen molar-refractivity contribution < 1.29 is 14.4 Å². The lowest BCUT2D eigenvalue weighted by Crippen LogP contribution is -2.36. The van der Waals surface area contributed by atoms with Gasteiger partial charge in [0, 0.05) is 23.3 Å². The number of aryl methyl sites for hydroxylation is 3. The van der Waals surface area contributed by atoms with Crippen LogP contribution in [0.2, 0.25) is 0 Å². The lowest BCUT2D eigenvalue weighted by Gasteiger charge is -2.13. The van der Waals surface area contributed by atoms with Crippen LogP contribution < -0.4 is 5.32 Å². The predicted octanol–water partition coefficient (Wildman–Crippen LogP) is 4.78. The lowest BCUT2D eigenvalue weighted by atomic mass is 10.1. The molecule has 0 radical (unpaired) electrons. The number of rotatable bonds is 5. The fourth-order valence-corrected chi connectivity index (χ4v) is 4.59. The molecule has 3 aromatic rings. The fraction of sp³-hybridized carbons (Fsp3) is 0.200. The molecule has 33 heavy (non-hydrogen) atoms. The number of benzene rings is 1. The number of anilines is 1. The van der Waals surface area contributed by atoms with Gasteiger partial charge in [0.05, 0.1) is 16.8 Å². The Morgan fingerprint density at radius 1 is 1.09 bits per heavy atom. The SMILES string of the molecule is Cc1ccc(NC(=O)CN2C(=O)S/C(=C\c3cc(C)n(-c4cccnc4)c3C)C2=O)cc1C. The van der Waals surface area contributed by atoms with Gasteiger partial charge in [-0.1, -0.05) is 6.07 Å². The van der Waals surface area contributed by atoms with E-state index in [1.54, 1.807) is 24.5 Å². The molecule has 4 rings (SSSR count). The maximum absolute atomic E-state index is 12.9. The molecule has 1 N–H and O–H groups in total. The molecule has 1 saturated heterocycles. The number of aromatic nitrogens is 2. The second-order valence-electron chi connectivity index (χ2n) is 7.99. The minimum atomic E-state index is -0.466. The van der Waals surface area contributed by atoms with E-state index in [-0.39, 0.29) is 6.54 Å². The van der Waals surface area contributed by atoms with Crippen molar-refractivity contribution in [2.75, 3.05) is 11.9 Å². The van der Waals surface area contributed by atoms with Crippen molar-refractivity contribution in [1.29, 1.82) is 0 Å². The van der Waals surface area contributed by atoms with Crippen LogP contribution in [0.5, 0.6) is 0 Å². The molecule has 1 aliphatic rings. The molecule has 168 valence electrons. The van der Waals surface area contributed by atoms with Crippen molar-refractivity contribution in [3.8, 4) is 5.69 Å². The van der Waals surface area contributed by atoms with Crippen molar-refractivity contribution >= 4 is 40.6 Å². The van der Waals surface area contributed by atoms with Crippen LogP contribution in [0.1, 0.15) is 28.1 Å². The van der Waals surface area contributed by atoms with Crippen LogP contribution in [-0.2, 0) is 9.59 Å². The van der Waals surface area contributed by atoms with Crippen molar-refractivity contribution in [2.24, 2.45) is 0 Å². The average molecular weight is 461 g/mol. The molecule has 1 aliphatic heterocycles. The highest BCUT2D eigenvalue weighted by molar-refractivity contribution is 8.18. The van der Waals surface area contributed by atoms with Crippen LogP contribution in [0.4, 0.5) is 10.5 Å². The highest BCUT2D eigenvalue weighted by Gasteiger charge is 2.36. The van der Waals surface area contributed by atoms with Gasteiger partial charge >= 0.3 is 0 Å². The average Bonchev–Trinajstić information content (AvgIpc) is 3.20. The molecule has 3 amide bonds. The summed E-state index contributed by atoms with van der Waals surface area (Å²) in [5.41, 5.74) is 6.47. The summed E-state index contributed by atoms with van der Waals surface area (Å²) >= 11 is 0.846. The first kappa shape index (κ1) is 22.5. The normalized spacial score (nSPS) is 14.9. The van der Waals surface area contributed by atoms with Crippen LogP contribution in [0.3, 0.4) is 0 Å². The third-order valence-corrected chi connectivity index (χ3v) is 6.53. The number of amides is 3. The Morgan fingerprint density at radius 3 is 2.58 bits per heavy atom. The maximum Gasteiger partial charge on any atom is 0.294 e. The van der Waals surface area contributed by atoms with Gasteiger partial charge in [0.15, 0.2) is 0 Å². The molecule has 1 fully saturated rings. The molecule has 0 spiro atoms. The van der Waals surface area contributed by atoms with Gasteiger partial charge in [-0.05, 0) is 92.6 Å². The number of imide groups is 1. The Hall–Kier alpha value is -3.65. The van der Waals surface area contributed by atoms with Crippen molar-refractivity contribution in [3.63, 3.8) is 0 Å². The molecule has 7 nitrogen and oxygen atoms in total. The molecule has 2 aromatic heterocycles. The van der Waals surface area contributed by atoms with E-state index in [0.717, 1.165) is 50.4 Å². The summed E-state index contributed by atoms with van der Waals surface area (Å²) < 4.78 is 2.04. The first-order chi connectivity index (χ1) is 15.7. The van der Waals surface area contributed by atoms with Crippen LogP contribution in [-0.4, -0.2) is 38.0 Å². The van der Waals surface area contributed by atoms with Gasteiger partial charge in [0.25, 0.3) is 11.1 Å². The van der Waals surface area contributed by atoms with E-state index in [1.807, 2.05) is 62.6 Å². The zero-order chi connectivity index (χ0) is 23.7. The molecule has 0 atom stereocenters. The Kier molecular flexibility index (Phi) is 6.20. The molecule has 0 aliphatic carbocycles. The summed E-state index contributed by atoms with van der Waals surface area (Å²) in [6.07, 6.45) is 5.19. The molecule has 0 saturated carbocycles. The van der Waals surface area contributed by atoms with Gasteiger partial charge in [0.1, 0.15) is 6.54 Å². The highest BCUT2D eigenvalue weighted by Crippen LogP contribution is 2.33. The summed E-state index contributed by atoms with van der Waals surface area (Å²) in [6, 6.07) is 11.4. The van der Waals surface area contributed by atoms with E-state index in [9.17, 15) is 14.4 Å². The van der Waals surface area contributed by atoms with Gasteiger partial charge < -0.3 is 9.88 Å². The van der Waals surface area contributed by atoms with E-state index in [4.69, 9.17) is 0 Å². The third kappa shape index (κ3) is 4.61. The summed E-state index contributed by atoms with van der Waals surface area (Å²) in [4.78, 5) is 43.3. The smallest absolute Gasteiger partial charge is 0.294 e. The molecular formula is C25H24N4O3S. The predicted molar refractivity (Wildman–Crippen MR) is 130 cm³/mol. The van der Waals surface area contributed by atoms with E-state index < -0.39 is 17.1 Å². The topological polar surface area (TPSA) is 84.3 Å². The highest BCUT2D eigenvalue weighted by atomic mass is 32.2. The second kappa shape index (κ2) is 9.07.